The fourth-order valence-corrected chi connectivity index (χ4v) is 1.32. The van der Waals surface area contributed by atoms with E-state index in [-0.39, 0.29) is 0 Å². The molecule has 0 aliphatic heterocycles. The number of carboxylic acids is 1. The molecule has 0 unspecified atom stereocenters. The molecular weight excluding hydrogens is 340 g/mol. The molecule has 0 atom stereocenters. The molecule has 0 aromatic rings. The molecule has 0 radical (unpaired) electrons. The van der Waals surface area contributed by atoms with Gasteiger partial charge in [-0.3, -0.25) is 9.59 Å². The van der Waals surface area contributed by atoms with Crippen LogP contribution in [0, 0.1) is 16.2 Å². The van der Waals surface area contributed by atoms with Crippen LogP contribution in [0.25, 0.3) is 0 Å². The molecule has 0 aromatic heterocycles. The summed E-state index contributed by atoms with van der Waals surface area (Å²) in [7, 11) is 0. The Morgan fingerprint density at radius 3 is 1.20 bits per heavy atom. The van der Waals surface area contributed by atoms with E-state index in [2.05, 4.69) is 0 Å². The molecular formula is C15H25O10-. The van der Waals surface area contributed by atoms with Gasteiger partial charge in [0, 0.05) is 0 Å². The first kappa shape index (κ1) is 23.2. The SMILES string of the molecule is CC(COC(=O)C(C)(CO)CO)(COC(=O)C(C)(CO)CO)C(=O)[O-]. The summed E-state index contributed by atoms with van der Waals surface area (Å²) in [4.78, 5) is 35.0. The molecule has 0 fully saturated rings. The lowest BCUT2D eigenvalue weighted by atomic mass is 9.90. The van der Waals surface area contributed by atoms with E-state index in [0.29, 0.717) is 0 Å². The van der Waals surface area contributed by atoms with E-state index in [9.17, 15) is 19.5 Å². The number of rotatable bonds is 11. The lowest BCUT2D eigenvalue weighted by molar-refractivity contribution is -0.321. The average Bonchev–Trinajstić information content (AvgIpc) is 2.62. The monoisotopic (exact) mass is 365 g/mol. The van der Waals surface area contributed by atoms with Gasteiger partial charge in [-0.2, -0.15) is 0 Å². The van der Waals surface area contributed by atoms with Gasteiger partial charge in [0.2, 0.25) is 0 Å². The number of carbonyl (C=O) groups is 3. The van der Waals surface area contributed by atoms with Gasteiger partial charge in [-0.1, -0.05) is 0 Å². The Bertz CT molecular complexity index is 445. The van der Waals surface area contributed by atoms with Gasteiger partial charge in [0.1, 0.15) is 24.0 Å². The van der Waals surface area contributed by atoms with Crippen molar-refractivity contribution in [1.82, 2.24) is 0 Å². The predicted molar refractivity (Wildman–Crippen MR) is 79.6 cm³/mol. The third-order valence-corrected chi connectivity index (χ3v) is 3.92. The number of aliphatic hydroxyl groups excluding tert-OH is 4. The Labute approximate surface area is 145 Å². The molecule has 146 valence electrons. The average molecular weight is 365 g/mol. The molecule has 0 aliphatic rings. The molecule has 0 bridgehead atoms. The van der Waals surface area contributed by atoms with E-state index >= 15 is 0 Å². The maximum atomic E-state index is 11.9. The fraction of sp³-hybridized carbons (Fsp3) is 0.800. The summed E-state index contributed by atoms with van der Waals surface area (Å²) in [5, 5.41) is 47.8. The number of carbonyl (C=O) groups excluding carboxylic acids is 3. The van der Waals surface area contributed by atoms with Gasteiger partial charge in [0.25, 0.3) is 0 Å². The first-order chi connectivity index (χ1) is 11.4. The van der Waals surface area contributed by atoms with Crippen molar-refractivity contribution in [3.8, 4) is 0 Å². The summed E-state index contributed by atoms with van der Waals surface area (Å²) in [6.45, 7) is -0.810. The third-order valence-electron chi connectivity index (χ3n) is 3.92. The summed E-state index contributed by atoms with van der Waals surface area (Å²) >= 11 is 0. The molecule has 0 heterocycles. The minimum Gasteiger partial charge on any atom is -0.549 e. The molecule has 0 saturated carbocycles. The Morgan fingerprint density at radius 1 is 0.720 bits per heavy atom. The molecule has 0 aromatic carbocycles. The highest BCUT2D eigenvalue weighted by Gasteiger charge is 2.39. The summed E-state index contributed by atoms with van der Waals surface area (Å²) in [5.74, 6) is -3.74. The van der Waals surface area contributed by atoms with E-state index in [0.717, 1.165) is 6.92 Å². The van der Waals surface area contributed by atoms with Crippen LogP contribution in [0.1, 0.15) is 20.8 Å². The van der Waals surface area contributed by atoms with E-state index in [4.69, 9.17) is 29.9 Å². The Balaban J connectivity index is 5.01. The highest BCUT2D eigenvalue weighted by Crippen LogP contribution is 2.24. The fourth-order valence-electron chi connectivity index (χ4n) is 1.32. The largest absolute Gasteiger partial charge is 0.549 e. The van der Waals surface area contributed by atoms with Crippen LogP contribution < -0.4 is 5.11 Å². The molecule has 10 heteroatoms. The van der Waals surface area contributed by atoms with Crippen LogP contribution >= 0.6 is 0 Å². The standard InChI is InChI=1S/C15H26O10/c1-13(4-16,5-17)11(22)24-8-15(3,10(20)21)9-25-12(23)14(2,6-18)7-19/h16-19H,4-9H2,1-3H3,(H,20,21)/p-1. The summed E-state index contributed by atoms with van der Waals surface area (Å²) in [5.41, 5.74) is -5.14. The van der Waals surface area contributed by atoms with Crippen LogP contribution in [-0.2, 0) is 23.9 Å². The number of aliphatic carboxylic acids is 1. The lowest BCUT2D eigenvalue weighted by Crippen LogP contribution is -2.49. The van der Waals surface area contributed by atoms with Crippen LogP contribution in [0.4, 0.5) is 0 Å². The molecule has 0 spiro atoms. The van der Waals surface area contributed by atoms with Gasteiger partial charge < -0.3 is 39.8 Å². The van der Waals surface area contributed by atoms with Crippen LogP contribution in [0.3, 0.4) is 0 Å². The van der Waals surface area contributed by atoms with Gasteiger partial charge in [-0.05, 0) is 20.8 Å². The number of esters is 2. The molecule has 10 nitrogen and oxygen atoms in total. The molecule has 0 amide bonds. The highest BCUT2D eigenvalue weighted by molar-refractivity contribution is 5.79. The summed E-state index contributed by atoms with van der Waals surface area (Å²) in [6.07, 6.45) is 0. The van der Waals surface area contributed by atoms with E-state index < -0.39 is 73.8 Å². The maximum absolute atomic E-state index is 11.9. The summed E-state index contributed by atoms with van der Waals surface area (Å²) in [6, 6.07) is 0. The summed E-state index contributed by atoms with van der Waals surface area (Å²) < 4.78 is 9.63. The molecule has 25 heavy (non-hydrogen) atoms. The van der Waals surface area contributed by atoms with Crippen molar-refractivity contribution in [2.45, 2.75) is 20.8 Å². The van der Waals surface area contributed by atoms with Crippen LogP contribution in [-0.4, -0.2) is 78.0 Å². The van der Waals surface area contributed by atoms with Gasteiger partial charge in [0.05, 0.1) is 37.8 Å². The molecule has 0 aliphatic carbocycles. The normalized spacial score (nSPS) is 12.6. The number of hydrogen-bond acceptors (Lipinski definition) is 10. The minimum absolute atomic E-state index is 0.718. The second-order valence-corrected chi connectivity index (χ2v) is 6.75. The smallest absolute Gasteiger partial charge is 0.316 e. The van der Waals surface area contributed by atoms with E-state index in [1.807, 2.05) is 0 Å². The second kappa shape index (κ2) is 9.09. The molecule has 0 saturated heterocycles. The van der Waals surface area contributed by atoms with E-state index in [1.54, 1.807) is 0 Å². The zero-order chi connectivity index (χ0) is 19.9. The lowest BCUT2D eigenvalue weighted by Gasteiger charge is -2.32. The Hall–Kier alpha value is -1.75. The molecule has 0 rings (SSSR count). The van der Waals surface area contributed by atoms with Gasteiger partial charge >= 0.3 is 11.9 Å². The van der Waals surface area contributed by atoms with Crippen molar-refractivity contribution in [3.63, 3.8) is 0 Å². The van der Waals surface area contributed by atoms with Crippen molar-refractivity contribution >= 4 is 17.9 Å². The van der Waals surface area contributed by atoms with Crippen molar-refractivity contribution < 1.29 is 49.4 Å². The topological polar surface area (TPSA) is 174 Å². The highest BCUT2D eigenvalue weighted by atomic mass is 16.6. The quantitative estimate of drug-likeness (QED) is 0.273. The maximum Gasteiger partial charge on any atom is 0.316 e. The third kappa shape index (κ3) is 5.63. The molecule has 4 N–H and O–H groups in total. The zero-order valence-corrected chi connectivity index (χ0v) is 14.5. The van der Waals surface area contributed by atoms with Gasteiger partial charge in [-0.15, -0.1) is 0 Å². The van der Waals surface area contributed by atoms with Gasteiger partial charge in [-0.25, -0.2) is 0 Å². The Kier molecular flexibility index (Phi) is 8.45. The van der Waals surface area contributed by atoms with Crippen LogP contribution in [0.5, 0.6) is 0 Å². The van der Waals surface area contributed by atoms with Crippen LogP contribution in [0.15, 0.2) is 0 Å². The second-order valence-electron chi connectivity index (χ2n) is 6.75. The first-order valence-corrected chi connectivity index (χ1v) is 7.44. The van der Waals surface area contributed by atoms with Crippen molar-refractivity contribution in [3.05, 3.63) is 0 Å². The van der Waals surface area contributed by atoms with Gasteiger partial charge in [0.15, 0.2) is 0 Å². The first-order valence-electron chi connectivity index (χ1n) is 7.44. The number of carboxylic acid groups (broad SMARTS) is 1. The number of hydrogen-bond donors (Lipinski definition) is 4. The van der Waals surface area contributed by atoms with Crippen molar-refractivity contribution in [2.75, 3.05) is 39.6 Å². The Morgan fingerprint density at radius 2 is 1.00 bits per heavy atom. The number of aliphatic hydroxyl groups is 4. The predicted octanol–water partition coefficient (Wildman–Crippen LogP) is -3.19. The zero-order valence-electron chi connectivity index (χ0n) is 14.5. The number of ether oxygens (including phenoxy) is 2. The van der Waals surface area contributed by atoms with Crippen molar-refractivity contribution in [2.24, 2.45) is 16.2 Å². The van der Waals surface area contributed by atoms with Crippen LogP contribution in [0.2, 0.25) is 0 Å². The minimum atomic E-state index is -1.91. The van der Waals surface area contributed by atoms with Crippen molar-refractivity contribution in [1.29, 1.82) is 0 Å². The van der Waals surface area contributed by atoms with E-state index in [1.165, 1.54) is 13.8 Å².